The number of hydrogen-bond donors (Lipinski definition) is 1. The van der Waals surface area contributed by atoms with Crippen molar-refractivity contribution in [2.45, 2.75) is 13.1 Å². The number of carbonyl (C=O) groups is 1. The number of carbonyl (C=O) groups excluding carboxylic acids is 1. The minimum Gasteiger partial charge on any atom is -0.465 e. The van der Waals surface area contributed by atoms with Gasteiger partial charge < -0.3 is 10.1 Å². The molecule has 0 spiro atoms. The maximum absolute atomic E-state index is 12.9. The minimum atomic E-state index is -4.42. The van der Waals surface area contributed by atoms with Gasteiger partial charge in [-0.2, -0.15) is 13.2 Å². The van der Waals surface area contributed by atoms with E-state index in [1.165, 1.54) is 13.2 Å². The molecule has 1 N–H and O–H groups in total. The number of alkyl halides is 3. The zero-order chi connectivity index (χ0) is 18.9. The van der Waals surface area contributed by atoms with E-state index in [0.29, 0.717) is 28.0 Å². The van der Waals surface area contributed by atoms with Crippen LogP contribution in [-0.2, 0) is 10.9 Å². The van der Waals surface area contributed by atoms with Crippen molar-refractivity contribution >= 4 is 28.2 Å². The molecule has 26 heavy (non-hydrogen) atoms. The van der Waals surface area contributed by atoms with E-state index >= 15 is 0 Å². The number of aryl methyl sites for hydroxylation is 1. The SMILES string of the molecule is COC(=O)c1ccc(Nc2cc(C)nc3cc(C(F)(F)F)ccc23)cc1. The molecule has 0 atom stereocenters. The fourth-order valence-electron chi connectivity index (χ4n) is 2.60. The summed E-state index contributed by atoms with van der Waals surface area (Å²) in [6.07, 6.45) is -4.42. The highest BCUT2D eigenvalue weighted by molar-refractivity contribution is 5.94. The number of halogens is 3. The van der Waals surface area contributed by atoms with E-state index in [1.807, 2.05) is 0 Å². The molecule has 3 rings (SSSR count). The Balaban J connectivity index is 1.98. The molecule has 0 saturated heterocycles. The molecule has 2 aromatic carbocycles. The average Bonchev–Trinajstić information content (AvgIpc) is 2.60. The van der Waals surface area contributed by atoms with Gasteiger partial charge in [0.15, 0.2) is 0 Å². The number of aromatic nitrogens is 1. The van der Waals surface area contributed by atoms with Crippen LogP contribution in [0.15, 0.2) is 48.5 Å². The van der Waals surface area contributed by atoms with Crippen LogP contribution in [0.3, 0.4) is 0 Å². The van der Waals surface area contributed by atoms with E-state index in [9.17, 15) is 18.0 Å². The lowest BCUT2D eigenvalue weighted by Gasteiger charge is -2.13. The number of anilines is 2. The predicted octanol–water partition coefficient (Wildman–Crippen LogP) is 5.09. The van der Waals surface area contributed by atoms with E-state index in [4.69, 9.17) is 0 Å². The van der Waals surface area contributed by atoms with Gasteiger partial charge in [-0.1, -0.05) is 6.07 Å². The van der Waals surface area contributed by atoms with Crippen LogP contribution < -0.4 is 5.32 Å². The highest BCUT2D eigenvalue weighted by Crippen LogP contribution is 2.33. The van der Waals surface area contributed by atoms with Crippen molar-refractivity contribution in [1.29, 1.82) is 0 Å². The molecule has 0 unspecified atom stereocenters. The normalized spacial score (nSPS) is 11.4. The van der Waals surface area contributed by atoms with Crippen LogP contribution in [0.5, 0.6) is 0 Å². The Kier molecular flexibility index (Phi) is 4.54. The van der Waals surface area contributed by atoms with Gasteiger partial charge in [0.2, 0.25) is 0 Å². The van der Waals surface area contributed by atoms with Crippen molar-refractivity contribution in [3.05, 3.63) is 65.4 Å². The maximum atomic E-state index is 12.9. The molecule has 1 heterocycles. The van der Waals surface area contributed by atoms with E-state index in [-0.39, 0.29) is 5.52 Å². The van der Waals surface area contributed by atoms with Crippen molar-refractivity contribution in [1.82, 2.24) is 4.98 Å². The van der Waals surface area contributed by atoms with Crippen LogP contribution in [0.2, 0.25) is 0 Å². The summed E-state index contributed by atoms with van der Waals surface area (Å²) in [5.74, 6) is -0.443. The second kappa shape index (κ2) is 6.67. The van der Waals surface area contributed by atoms with Crippen LogP contribution in [0, 0.1) is 6.92 Å². The van der Waals surface area contributed by atoms with E-state index < -0.39 is 17.7 Å². The first-order valence-electron chi connectivity index (χ1n) is 7.72. The second-order valence-corrected chi connectivity index (χ2v) is 5.73. The Morgan fingerprint density at radius 2 is 1.77 bits per heavy atom. The van der Waals surface area contributed by atoms with Crippen LogP contribution in [0.4, 0.5) is 24.5 Å². The molecule has 0 fully saturated rings. The third-order valence-electron chi connectivity index (χ3n) is 3.85. The van der Waals surface area contributed by atoms with Gasteiger partial charge in [0.1, 0.15) is 0 Å². The van der Waals surface area contributed by atoms with Crippen molar-refractivity contribution in [3.63, 3.8) is 0 Å². The number of nitrogens with zero attached hydrogens (tertiary/aromatic N) is 1. The fraction of sp³-hybridized carbons (Fsp3) is 0.158. The van der Waals surface area contributed by atoms with Gasteiger partial charge in [0.05, 0.1) is 23.8 Å². The number of rotatable bonds is 3. The van der Waals surface area contributed by atoms with Crippen molar-refractivity contribution in [2.75, 3.05) is 12.4 Å². The van der Waals surface area contributed by atoms with Gasteiger partial charge in [-0.3, -0.25) is 4.98 Å². The van der Waals surface area contributed by atoms with E-state index in [2.05, 4.69) is 15.0 Å². The summed E-state index contributed by atoms with van der Waals surface area (Å²) in [7, 11) is 1.30. The Labute approximate surface area is 147 Å². The molecule has 0 bridgehead atoms. The quantitative estimate of drug-likeness (QED) is 0.661. The number of pyridine rings is 1. The number of esters is 1. The Hall–Kier alpha value is -3.09. The molecule has 0 aliphatic heterocycles. The summed E-state index contributed by atoms with van der Waals surface area (Å²) in [6.45, 7) is 1.71. The topological polar surface area (TPSA) is 51.2 Å². The molecule has 0 aliphatic carbocycles. The fourth-order valence-corrected chi connectivity index (χ4v) is 2.60. The van der Waals surface area contributed by atoms with Crippen molar-refractivity contribution in [2.24, 2.45) is 0 Å². The summed E-state index contributed by atoms with van der Waals surface area (Å²) >= 11 is 0. The van der Waals surface area contributed by atoms with E-state index in [1.54, 1.807) is 37.3 Å². The van der Waals surface area contributed by atoms with Crippen LogP contribution in [0.25, 0.3) is 10.9 Å². The van der Waals surface area contributed by atoms with Gasteiger partial charge in [0.25, 0.3) is 0 Å². The van der Waals surface area contributed by atoms with Gasteiger partial charge >= 0.3 is 12.1 Å². The maximum Gasteiger partial charge on any atom is 0.416 e. The van der Waals surface area contributed by atoms with Crippen molar-refractivity contribution < 1.29 is 22.7 Å². The van der Waals surface area contributed by atoms with Gasteiger partial charge in [-0.25, -0.2) is 4.79 Å². The molecule has 0 saturated carbocycles. The molecule has 0 radical (unpaired) electrons. The third-order valence-corrected chi connectivity index (χ3v) is 3.85. The molecule has 0 aliphatic rings. The first-order valence-corrected chi connectivity index (χ1v) is 7.72. The monoisotopic (exact) mass is 360 g/mol. The van der Waals surface area contributed by atoms with Crippen molar-refractivity contribution in [3.8, 4) is 0 Å². The Morgan fingerprint density at radius 1 is 1.08 bits per heavy atom. The number of benzene rings is 2. The molecule has 3 aromatic rings. The van der Waals surface area contributed by atoms with Crippen LogP contribution in [0.1, 0.15) is 21.6 Å². The second-order valence-electron chi connectivity index (χ2n) is 5.73. The summed E-state index contributed by atoms with van der Waals surface area (Å²) in [5.41, 5.74) is 1.83. The number of methoxy groups -OCH3 is 1. The number of hydrogen-bond acceptors (Lipinski definition) is 4. The summed E-state index contributed by atoms with van der Waals surface area (Å²) in [6, 6.07) is 11.8. The lowest BCUT2D eigenvalue weighted by molar-refractivity contribution is -0.137. The molecule has 0 amide bonds. The lowest BCUT2D eigenvalue weighted by Crippen LogP contribution is -2.05. The van der Waals surface area contributed by atoms with Crippen LogP contribution >= 0.6 is 0 Å². The molecular formula is C19H15F3N2O2. The Morgan fingerprint density at radius 3 is 2.38 bits per heavy atom. The highest BCUT2D eigenvalue weighted by Gasteiger charge is 2.30. The molecular weight excluding hydrogens is 345 g/mol. The molecule has 134 valence electrons. The number of ether oxygens (including phenoxy) is 1. The Bertz CT molecular complexity index is 967. The largest absolute Gasteiger partial charge is 0.465 e. The van der Waals surface area contributed by atoms with Gasteiger partial charge in [-0.05, 0) is 49.4 Å². The molecule has 1 aromatic heterocycles. The van der Waals surface area contributed by atoms with Crippen LogP contribution in [-0.4, -0.2) is 18.1 Å². The zero-order valence-corrected chi connectivity index (χ0v) is 14.0. The van der Waals surface area contributed by atoms with E-state index in [0.717, 1.165) is 12.1 Å². The standard InChI is InChI=1S/C19H15F3N2O2/c1-11-9-16(24-14-6-3-12(4-7-14)18(25)26-2)15-8-5-13(19(20,21)22)10-17(15)23-11/h3-10H,1-2H3,(H,23,24). The summed E-state index contributed by atoms with van der Waals surface area (Å²) in [4.78, 5) is 15.7. The lowest BCUT2D eigenvalue weighted by atomic mass is 10.1. The first kappa shape index (κ1) is 17.7. The number of nitrogens with one attached hydrogen (secondary N) is 1. The third kappa shape index (κ3) is 3.61. The smallest absolute Gasteiger partial charge is 0.416 e. The molecule has 7 heteroatoms. The molecule has 4 nitrogen and oxygen atoms in total. The average molecular weight is 360 g/mol. The van der Waals surface area contributed by atoms with Gasteiger partial charge in [-0.15, -0.1) is 0 Å². The minimum absolute atomic E-state index is 0.258. The summed E-state index contributed by atoms with van der Waals surface area (Å²) < 4.78 is 43.4. The first-order chi connectivity index (χ1) is 12.3. The highest BCUT2D eigenvalue weighted by atomic mass is 19.4. The zero-order valence-electron chi connectivity index (χ0n) is 14.0. The summed E-state index contributed by atoms with van der Waals surface area (Å²) in [5, 5.41) is 3.73. The number of fused-ring (bicyclic) bond motifs is 1. The predicted molar refractivity (Wildman–Crippen MR) is 92.5 cm³/mol. The van der Waals surface area contributed by atoms with Gasteiger partial charge in [0, 0.05) is 22.5 Å².